The third-order valence-corrected chi connectivity index (χ3v) is 4.05. The highest BCUT2D eigenvalue weighted by Crippen LogP contribution is 2.43. The van der Waals surface area contributed by atoms with E-state index in [0.29, 0.717) is 5.75 Å². The molecule has 2 unspecified atom stereocenters. The normalized spacial score (nSPS) is 26.9. The molecule has 0 radical (unpaired) electrons. The fraction of sp³-hybridized carbons (Fsp3) is 0.600. The van der Waals surface area contributed by atoms with Crippen LogP contribution in [-0.4, -0.2) is 13.2 Å². The van der Waals surface area contributed by atoms with Gasteiger partial charge in [-0.3, -0.25) is 0 Å². The zero-order valence-electron chi connectivity index (χ0n) is 11.4. The molecule has 0 heterocycles. The minimum Gasteiger partial charge on any atom is -0.497 e. The summed E-state index contributed by atoms with van der Waals surface area (Å²) in [6.45, 7) is 4.46. The van der Waals surface area contributed by atoms with Crippen molar-refractivity contribution in [2.75, 3.05) is 7.11 Å². The van der Waals surface area contributed by atoms with Crippen molar-refractivity contribution in [2.45, 2.75) is 45.1 Å². The fourth-order valence-electron chi connectivity index (χ4n) is 2.88. The van der Waals surface area contributed by atoms with Gasteiger partial charge in [-0.1, -0.05) is 19.9 Å². The largest absolute Gasteiger partial charge is 0.497 e. The Hall–Kier alpha value is -1.09. The Bertz CT molecular complexity index is 431. The van der Waals surface area contributed by atoms with Crippen molar-refractivity contribution in [3.63, 3.8) is 0 Å². The maximum atomic E-state index is 14.1. The molecule has 2 nitrogen and oxygen atoms in total. The summed E-state index contributed by atoms with van der Waals surface area (Å²) in [5.41, 5.74) is 7.15. The van der Waals surface area contributed by atoms with Crippen molar-refractivity contribution >= 4 is 0 Å². The Kier molecular flexibility index (Phi) is 3.62. The lowest BCUT2D eigenvalue weighted by atomic mass is 9.68. The summed E-state index contributed by atoms with van der Waals surface area (Å²) < 4.78 is 19.1. The monoisotopic (exact) mass is 251 g/mol. The minimum absolute atomic E-state index is 0.0564. The third-order valence-electron chi connectivity index (χ3n) is 4.05. The number of hydrogen-bond acceptors (Lipinski definition) is 2. The van der Waals surface area contributed by atoms with Crippen LogP contribution >= 0.6 is 0 Å². The zero-order valence-corrected chi connectivity index (χ0v) is 11.4. The summed E-state index contributed by atoms with van der Waals surface area (Å²) in [6, 6.07) is 5.14. The predicted molar refractivity (Wildman–Crippen MR) is 71.3 cm³/mol. The molecule has 1 fully saturated rings. The first-order valence-electron chi connectivity index (χ1n) is 6.52. The second-order valence-electron chi connectivity index (χ2n) is 6.06. The molecule has 18 heavy (non-hydrogen) atoms. The Balaban J connectivity index is 2.29. The summed E-state index contributed by atoms with van der Waals surface area (Å²) in [7, 11) is 1.55. The highest BCUT2D eigenvalue weighted by molar-refractivity contribution is 5.32. The number of benzene rings is 1. The second-order valence-corrected chi connectivity index (χ2v) is 6.06. The van der Waals surface area contributed by atoms with Crippen LogP contribution in [0.25, 0.3) is 0 Å². The molecule has 0 amide bonds. The molecular formula is C15H22FNO. The number of methoxy groups -OCH3 is 1. The molecule has 0 spiro atoms. The van der Waals surface area contributed by atoms with Gasteiger partial charge in [0.25, 0.3) is 0 Å². The molecule has 1 saturated carbocycles. The van der Waals surface area contributed by atoms with Crippen LogP contribution in [0.15, 0.2) is 18.2 Å². The van der Waals surface area contributed by atoms with Crippen molar-refractivity contribution in [3.05, 3.63) is 29.6 Å². The lowest BCUT2D eigenvalue weighted by Gasteiger charge is -2.39. The van der Waals surface area contributed by atoms with E-state index < -0.39 is 0 Å². The van der Waals surface area contributed by atoms with Gasteiger partial charge in [0.2, 0.25) is 0 Å². The molecule has 2 rings (SSSR count). The molecule has 0 bridgehead atoms. The van der Waals surface area contributed by atoms with E-state index in [1.165, 1.54) is 6.07 Å². The molecule has 0 aliphatic heterocycles. The van der Waals surface area contributed by atoms with E-state index in [9.17, 15) is 4.39 Å². The van der Waals surface area contributed by atoms with E-state index in [-0.39, 0.29) is 23.2 Å². The quantitative estimate of drug-likeness (QED) is 0.873. The maximum Gasteiger partial charge on any atom is 0.130 e. The number of nitrogens with two attached hydrogens (primary N) is 1. The van der Waals surface area contributed by atoms with Gasteiger partial charge in [0.15, 0.2) is 0 Å². The van der Waals surface area contributed by atoms with Crippen LogP contribution < -0.4 is 10.5 Å². The van der Waals surface area contributed by atoms with E-state index in [1.807, 2.05) is 12.1 Å². The van der Waals surface area contributed by atoms with Gasteiger partial charge in [-0.15, -0.1) is 0 Å². The van der Waals surface area contributed by atoms with E-state index in [2.05, 4.69) is 13.8 Å². The molecule has 2 atom stereocenters. The van der Waals surface area contributed by atoms with Gasteiger partial charge < -0.3 is 10.5 Å². The molecule has 0 saturated heterocycles. The van der Waals surface area contributed by atoms with Gasteiger partial charge in [0.05, 0.1) is 7.11 Å². The Morgan fingerprint density at radius 2 is 2.11 bits per heavy atom. The molecule has 2 N–H and O–H groups in total. The average molecular weight is 251 g/mol. The molecule has 1 aliphatic carbocycles. The number of halogens is 1. The summed E-state index contributed by atoms with van der Waals surface area (Å²) in [5, 5.41) is 0. The van der Waals surface area contributed by atoms with Gasteiger partial charge in [-0.05, 0) is 36.3 Å². The summed E-state index contributed by atoms with van der Waals surface area (Å²) in [4.78, 5) is 0. The van der Waals surface area contributed by atoms with Gasteiger partial charge in [0.1, 0.15) is 11.6 Å². The fourth-order valence-corrected chi connectivity index (χ4v) is 2.88. The number of ether oxygens (including phenoxy) is 1. The Morgan fingerprint density at radius 3 is 2.72 bits per heavy atom. The maximum absolute atomic E-state index is 14.1. The summed E-state index contributed by atoms with van der Waals surface area (Å²) in [6.07, 6.45) is 3.02. The molecule has 100 valence electrons. The summed E-state index contributed by atoms with van der Waals surface area (Å²) in [5.74, 6) is 0.465. The Labute approximate surface area is 108 Å². The van der Waals surface area contributed by atoms with Crippen LogP contribution in [0.3, 0.4) is 0 Å². The highest BCUT2D eigenvalue weighted by atomic mass is 19.1. The van der Waals surface area contributed by atoms with Crippen LogP contribution in [0.5, 0.6) is 5.75 Å². The van der Waals surface area contributed by atoms with Crippen LogP contribution in [-0.2, 0) is 0 Å². The van der Waals surface area contributed by atoms with E-state index in [0.717, 1.165) is 24.8 Å². The van der Waals surface area contributed by atoms with Crippen LogP contribution in [0.4, 0.5) is 4.39 Å². The van der Waals surface area contributed by atoms with Crippen molar-refractivity contribution < 1.29 is 9.13 Å². The lowest BCUT2D eigenvalue weighted by molar-refractivity contribution is 0.196. The topological polar surface area (TPSA) is 35.2 Å². The smallest absolute Gasteiger partial charge is 0.130 e. The lowest BCUT2D eigenvalue weighted by Crippen LogP contribution is -2.38. The first kappa shape index (κ1) is 13.3. The van der Waals surface area contributed by atoms with Crippen LogP contribution in [0, 0.1) is 11.2 Å². The first-order valence-corrected chi connectivity index (χ1v) is 6.52. The minimum atomic E-state index is -0.201. The predicted octanol–water partition coefficient (Wildman–Crippen LogP) is 3.46. The Morgan fingerprint density at radius 1 is 1.39 bits per heavy atom. The molecule has 1 aromatic rings. The molecule has 1 aliphatic rings. The molecule has 0 aromatic heterocycles. The van der Waals surface area contributed by atoms with Crippen molar-refractivity contribution in [3.8, 4) is 5.75 Å². The van der Waals surface area contributed by atoms with Gasteiger partial charge in [-0.25, -0.2) is 4.39 Å². The highest BCUT2D eigenvalue weighted by Gasteiger charge is 2.35. The SMILES string of the molecule is COc1ccc(C2CC(C)(C)CCC2N)c(F)c1. The van der Waals surface area contributed by atoms with Crippen LogP contribution in [0.1, 0.15) is 44.6 Å². The number of rotatable bonds is 2. The number of hydrogen-bond donors (Lipinski definition) is 1. The van der Waals surface area contributed by atoms with Crippen molar-refractivity contribution in [1.82, 2.24) is 0 Å². The van der Waals surface area contributed by atoms with E-state index >= 15 is 0 Å². The van der Waals surface area contributed by atoms with Crippen LogP contribution in [0.2, 0.25) is 0 Å². The zero-order chi connectivity index (χ0) is 13.3. The molecule has 3 heteroatoms. The first-order chi connectivity index (χ1) is 8.43. The van der Waals surface area contributed by atoms with Crippen molar-refractivity contribution in [2.24, 2.45) is 11.1 Å². The second kappa shape index (κ2) is 4.88. The third kappa shape index (κ3) is 2.66. The van der Waals surface area contributed by atoms with E-state index in [1.54, 1.807) is 7.11 Å². The van der Waals surface area contributed by atoms with Crippen molar-refractivity contribution in [1.29, 1.82) is 0 Å². The summed E-state index contributed by atoms with van der Waals surface area (Å²) >= 11 is 0. The standard InChI is InChI=1S/C15H22FNO/c1-15(2)7-6-14(17)12(9-15)11-5-4-10(18-3)8-13(11)16/h4-5,8,12,14H,6-7,9,17H2,1-3H3. The van der Waals surface area contributed by atoms with Gasteiger partial charge >= 0.3 is 0 Å². The molecule has 1 aromatic carbocycles. The average Bonchev–Trinajstić information content (AvgIpc) is 2.32. The van der Waals surface area contributed by atoms with Gasteiger partial charge in [-0.2, -0.15) is 0 Å². The molecular weight excluding hydrogens is 229 g/mol. The van der Waals surface area contributed by atoms with Gasteiger partial charge in [0, 0.05) is 18.0 Å². The van der Waals surface area contributed by atoms with E-state index in [4.69, 9.17) is 10.5 Å².